The molecule has 0 spiro atoms. The molecule has 2 aromatic rings. The summed E-state index contributed by atoms with van der Waals surface area (Å²) < 4.78 is 18.0. The van der Waals surface area contributed by atoms with E-state index in [2.05, 4.69) is 10.9 Å². The van der Waals surface area contributed by atoms with Gasteiger partial charge in [0, 0.05) is 11.6 Å². The first-order valence-electron chi connectivity index (χ1n) is 7.64. The van der Waals surface area contributed by atoms with E-state index in [-0.39, 0.29) is 12.2 Å². The molecule has 6 heteroatoms. The summed E-state index contributed by atoms with van der Waals surface area (Å²) in [7, 11) is 1.55. The van der Waals surface area contributed by atoms with Gasteiger partial charge in [0.2, 0.25) is 5.91 Å². The van der Waals surface area contributed by atoms with Gasteiger partial charge in [0.05, 0.1) is 13.5 Å². The molecule has 2 rings (SSSR count). The summed E-state index contributed by atoms with van der Waals surface area (Å²) in [6.07, 6.45) is 2.94. The van der Waals surface area contributed by atoms with Crippen LogP contribution in [-0.2, 0) is 16.0 Å². The van der Waals surface area contributed by atoms with Crippen molar-refractivity contribution in [2.75, 3.05) is 7.11 Å². The predicted octanol–water partition coefficient (Wildman–Crippen LogP) is 2.55. The molecule has 0 radical (unpaired) electrons. The highest BCUT2D eigenvalue weighted by Gasteiger charge is 2.05. The second-order valence-electron chi connectivity index (χ2n) is 5.42. The van der Waals surface area contributed by atoms with E-state index in [1.165, 1.54) is 30.3 Å². The Labute approximate surface area is 145 Å². The SMILES string of the molecule is COc1ccc(C)cc1/C=C/C(=O)NNC(=O)Cc1ccc(F)cc1. The maximum Gasteiger partial charge on any atom is 0.262 e. The molecular weight excluding hydrogens is 323 g/mol. The van der Waals surface area contributed by atoms with Gasteiger partial charge >= 0.3 is 0 Å². The average Bonchev–Trinajstić information content (AvgIpc) is 2.60. The van der Waals surface area contributed by atoms with Crippen LogP contribution in [0.2, 0.25) is 0 Å². The summed E-state index contributed by atoms with van der Waals surface area (Å²) in [6.45, 7) is 1.94. The Balaban J connectivity index is 1.87. The fraction of sp³-hybridized carbons (Fsp3) is 0.158. The van der Waals surface area contributed by atoms with Crippen LogP contribution in [0.25, 0.3) is 6.08 Å². The molecule has 0 aromatic heterocycles. The van der Waals surface area contributed by atoms with Crippen LogP contribution in [-0.4, -0.2) is 18.9 Å². The third-order valence-electron chi connectivity index (χ3n) is 3.40. The van der Waals surface area contributed by atoms with Crippen molar-refractivity contribution in [3.05, 3.63) is 71.0 Å². The smallest absolute Gasteiger partial charge is 0.262 e. The molecule has 0 bridgehead atoms. The van der Waals surface area contributed by atoms with Crippen LogP contribution in [0.3, 0.4) is 0 Å². The molecule has 0 unspecified atom stereocenters. The van der Waals surface area contributed by atoms with Crippen LogP contribution in [0.15, 0.2) is 48.5 Å². The zero-order valence-corrected chi connectivity index (χ0v) is 14.0. The predicted molar refractivity (Wildman–Crippen MR) is 93.2 cm³/mol. The van der Waals surface area contributed by atoms with Crippen LogP contribution in [0.1, 0.15) is 16.7 Å². The van der Waals surface area contributed by atoms with E-state index in [1.54, 1.807) is 13.2 Å². The van der Waals surface area contributed by atoms with Crippen molar-refractivity contribution < 1.29 is 18.7 Å². The zero-order valence-electron chi connectivity index (χ0n) is 14.0. The van der Waals surface area contributed by atoms with Gasteiger partial charge in [-0.15, -0.1) is 0 Å². The van der Waals surface area contributed by atoms with Crippen molar-refractivity contribution in [1.82, 2.24) is 10.9 Å². The Morgan fingerprint density at radius 2 is 1.84 bits per heavy atom. The van der Waals surface area contributed by atoms with Gasteiger partial charge in [-0.1, -0.05) is 23.8 Å². The lowest BCUT2D eigenvalue weighted by Gasteiger charge is -2.07. The highest BCUT2D eigenvalue weighted by Crippen LogP contribution is 2.20. The second-order valence-corrected chi connectivity index (χ2v) is 5.42. The van der Waals surface area contributed by atoms with Gasteiger partial charge < -0.3 is 4.74 Å². The van der Waals surface area contributed by atoms with Crippen molar-refractivity contribution in [1.29, 1.82) is 0 Å². The number of hydrogen-bond donors (Lipinski definition) is 2. The third kappa shape index (κ3) is 5.76. The molecule has 0 saturated carbocycles. The minimum absolute atomic E-state index is 0.0377. The minimum Gasteiger partial charge on any atom is -0.496 e. The quantitative estimate of drug-likeness (QED) is 0.648. The summed E-state index contributed by atoms with van der Waals surface area (Å²) in [6, 6.07) is 11.2. The van der Waals surface area contributed by atoms with Crippen molar-refractivity contribution in [3.63, 3.8) is 0 Å². The molecule has 0 saturated heterocycles. The Bertz CT molecular complexity index is 786. The Morgan fingerprint density at radius 3 is 2.52 bits per heavy atom. The average molecular weight is 342 g/mol. The van der Waals surface area contributed by atoms with Crippen molar-refractivity contribution in [2.24, 2.45) is 0 Å². The molecule has 0 aliphatic carbocycles. The topological polar surface area (TPSA) is 67.4 Å². The lowest BCUT2D eigenvalue weighted by atomic mass is 10.1. The zero-order chi connectivity index (χ0) is 18.2. The van der Waals surface area contributed by atoms with E-state index in [9.17, 15) is 14.0 Å². The van der Waals surface area contributed by atoms with Crippen LogP contribution in [0, 0.1) is 12.7 Å². The lowest BCUT2D eigenvalue weighted by molar-refractivity contribution is -0.126. The number of carbonyl (C=O) groups is 2. The molecule has 0 fully saturated rings. The summed E-state index contributed by atoms with van der Waals surface area (Å²) >= 11 is 0. The fourth-order valence-electron chi connectivity index (χ4n) is 2.15. The molecule has 5 nitrogen and oxygen atoms in total. The molecule has 25 heavy (non-hydrogen) atoms. The molecule has 130 valence electrons. The molecule has 0 aliphatic heterocycles. The van der Waals surface area contributed by atoms with E-state index >= 15 is 0 Å². The van der Waals surface area contributed by atoms with Crippen molar-refractivity contribution >= 4 is 17.9 Å². The third-order valence-corrected chi connectivity index (χ3v) is 3.40. The molecule has 2 amide bonds. The molecule has 2 N–H and O–H groups in total. The number of amides is 2. The largest absolute Gasteiger partial charge is 0.496 e. The minimum atomic E-state index is -0.476. The fourth-order valence-corrected chi connectivity index (χ4v) is 2.15. The van der Waals surface area contributed by atoms with E-state index < -0.39 is 11.8 Å². The standard InChI is InChI=1S/C19H19FN2O3/c1-13-3-9-17(25-2)15(11-13)6-10-18(23)21-22-19(24)12-14-4-7-16(20)8-5-14/h3-11H,12H2,1-2H3,(H,21,23)(H,22,24)/b10-6+. The van der Waals surface area contributed by atoms with Crippen LogP contribution in [0.4, 0.5) is 4.39 Å². The summed E-state index contributed by atoms with van der Waals surface area (Å²) in [5.41, 5.74) is 7.04. The number of rotatable bonds is 5. The van der Waals surface area contributed by atoms with Gasteiger partial charge in [0.25, 0.3) is 5.91 Å². The molecule has 0 aliphatic rings. The monoisotopic (exact) mass is 342 g/mol. The van der Waals surface area contributed by atoms with Gasteiger partial charge in [-0.25, -0.2) is 4.39 Å². The van der Waals surface area contributed by atoms with E-state index in [1.807, 2.05) is 25.1 Å². The number of hydrazine groups is 1. The number of carbonyl (C=O) groups excluding carboxylic acids is 2. The first-order chi connectivity index (χ1) is 12.0. The number of aryl methyl sites for hydroxylation is 1. The Kier molecular flexibility index (Phi) is 6.28. The highest BCUT2D eigenvalue weighted by atomic mass is 19.1. The highest BCUT2D eigenvalue weighted by molar-refractivity contribution is 5.93. The number of hydrogen-bond acceptors (Lipinski definition) is 3. The first-order valence-corrected chi connectivity index (χ1v) is 7.64. The number of ether oxygens (including phenoxy) is 1. The van der Waals surface area contributed by atoms with Crippen LogP contribution in [0.5, 0.6) is 5.75 Å². The molecular formula is C19H19FN2O3. The Hall–Kier alpha value is -3.15. The van der Waals surface area contributed by atoms with Gasteiger partial charge in [-0.3, -0.25) is 20.4 Å². The van der Waals surface area contributed by atoms with Gasteiger partial charge in [0.1, 0.15) is 11.6 Å². The lowest BCUT2D eigenvalue weighted by Crippen LogP contribution is -2.41. The number of halogens is 1. The molecule has 0 atom stereocenters. The van der Waals surface area contributed by atoms with Gasteiger partial charge in [-0.05, 0) is 42.8 Å². The maximum atomic E-state index is 12.8. The van der Waals surface area contributed by atoms with Crippen LogP contribution >= 0.6 is 0 Å². The van der Waals surface area contributed by atoms with Gasteiger partial charge in [-0.2, -0.15) is 0 Å². The van der Waals surface area contributed by atoms with E-state index in [0.717, 1.165) is 11.1 Å². The number of nitrogens with one attached hydrogen (secondary N) is 2. The summed E-state index contributed by atoms with van der Waals surface area (Å²) in [5, 5.41) is 0. The van der Waals surface area contributed by atoms with E-state index in [0.29, 0.717) is 11.3 Å². The van der Waals surface area contributed by atoms with Crippen molar-refractivity contribution in [2.45, 2.75) is 13.3 Å². The summed E-state index contributed by atoms with van der Waals surface area (Å²) in [5.74, 6) is -0.596. The maximum absolute atomic E-state index is 12.8. The summed E-state index contributed by atoms with van der Waals surface area (Å²) in [4.78, 5) is 23.6. The second kappa shape index (κ2) is 8.63. The normalized spacial score (nSPS) is 10.5. The van der Waals surface area contributed by atoms with Crippen molar-refractivity contribution in [3.8, 4) is 5.75 Å². The van der Waals surface area contributed by atoms with Gasteiger partial charge in [0.15, 0.2) is 0 Å². The number of benzene rings is 2. The first kappa shape index (κ1) is 18.2. The van der Waals surface area contributed by atoms with E-state index in [4.69, 9.17) is 4.74 Å². The molecule has 0 heterocycles. The Morgan fingerprint density at radius 1 is 1.12 bits per heavy atom. The molecule has 2 aromatic carbocycles. The number of methoxy groups -OCH3 is 1. The van der Waals surface area contributed by atoms with Crippen LogP contribution < -0.4 is 15.6 Å².